The highest BCUT2D eigenvalue weighted by molar-refractivity contribution is 7.80. The Kier molecular flexibility index (Phi) is 6.11. The van der Waals surface area contributed by atoms with E-state index in [-0.39, 0.29) is 12.1 Å². The van der Waals surface area contributed by atoms with Crippen LogP contribution in [0.1, 0.15) is 36.0 Å². The van der Waals surface area contributed by atoms with Crippen LogP contribution in [0.3, 0.4) is 0 Å². The van der Waals surface area contributed by atoms with E-state index >= 15 is 0 Å². The fraction of sp³-hybridized carbons (Fsp3) is 0.154. The third-order valence-electron chi connectivity index (χ3n) is 5.97. The molecule has 0 amide bonds. The number of thiocarbonyl (C=S) groups is 1. The fourth-order valence-electron chi connectivity index (χ4n) is 4.36. The molecule has 33 heavy (non-hydrogen) atoms. The van der Waals surface area contributed by atoms with Crippen LogP contribution in [0.2, 0.25) is 10.0 Å². The van der Waals surface area contributed by atoms with Gasteiger partial charge in [-0.1, -0.05) is 48.3 Å². The molecule has 0 spiro atoms. The Morgan fingerprint density at radius 1 is 1.00 bits per heavy atom. The molecule has 0 unspecified atom stereocenters. The summed E-state index contributed by atoms with van der Waals surface area (Å²) in [6.45, 7) is 2.15. The number of hydrogen-bond donors (Lipinski definition) is 1. The zero-order valence-corrected chi connectivity index (χ0v) is 20.3. The SMILES string of the molecule is CCc1ccc(N2C(=S)N[C@@H](c3ccccn3)[C@H]2c2cccn2-c2ccc(Cl)cc2Cl)cc1. The second kappa shape index (κ2) is 9.18. The summed E-state index contributed by atoms with van der Waals surface area (Å²) in [6.07, 6.45) is 4.81. The minimum atomic E-state index is -0.137. The van der Waals surface area contributed by atoms with E-state index in [0.29, 0.717) is 15.2 Å². The molecule has 0 aliphatic carbocycles. The average molecular weight is 493 g/mol. The highest BCUT2D eigenvalue weighted by Crippen LogP contribution is 2.42. The lowest BCUT2D eigenvalue weighted by Gasteiger charge is -2.29. The first kappa shape index (κ1) is 22.0. The average Bonchev–Trinajstić information content (AvgIpc) is 3.44. The van der Waals surface area contributed by atoms with E-state index in [1.165, 1.54) is 5.56 Å². The van der Waals surface area contributed by atoms with Crippen molar-refractivity contribution in [3.63, 3.8) is 0 Å². The lowest BCUT2D eigenvalue weighted by atomic mass is 10.0. The number of nitrogens with one attached hydrogen (secondary N) is 1. The summed E-state index contributed by atoms with van der Waals surface area (Å²) in [6, 6.07) is 23.9. The van der Waals surface area contributed by atoms with Crippen molar-refractivity contribution in [2.75, 3.05) is 4.90 Å². The first-order chi connectivity index (χ1) is 16.1. The minimum Gasteiger partial charge on any atom is -0.351 e. The smallest absolute Gasteiger partial charge is 0.174 e. The number of aryl methyl sites for hydroxylation is 1. The van der Waals surface area contributed by atoms with Crippen molar-refractivity contribution in [2.24, 2.45) is 0 Å². The molecule has 1 fully saturated rings. The Hall–Kier alpha value is -2.86. The van der Waals surface area contributed by atoms with Crippen LogP contribution in [-0.2, 0) is 6.42 Å². The Morgan fingerprint density at radius 2 is 1.82 bits per heavy atom. The molecule has 4 aromatic rings. The molecule has 5 rings (SSSR count). The monoisotopic (exact) mass is 492 g/mol. The molecule has 2 atom stereocenters. The fourth-order valence-corrected chi connectivity index (χ4v) is 5.20. The summed E-state index contributed by atoms with van der Waals surface area (Å²) in [5.74, 6) is 0. The summed E-state index contributed by atoms with van der Waals surface area (Å²) in [7, 11) is 0. The Bertz CT molecular complexity index is 1290. The van der Waals surface area contributed by atoms with Gasteiger partial charge in [-0.15, -0.1) is 0 Å². The van der Waals surface area contributed by atoms with Crippen molar-refractivity contribution < 1.29 is 0 Å². The van der Waals surface area contributed by atoms with Crippen LogP contribution < -0.4 is 10.2 Å². The van der Waals surface area contributed by atoms with Crippen LogP contribution in [0, 0.1) is 0 Å². The van der Waals surface area contributed by atoms with E-state index in [4.69, 9.17) is 35.4 Å². The van der Waals surface area contributed by atoms with Crippen molar-refractivity contribution in [3.05, 3.63) is 112 Å². The van der Waals surface area contributed by atoms with E-state index in [1.807, 2.05) is 48.8 Å². The largest absolute Gasteiger partial charge is 0.351 e. The van der Waals surface area contributed by atoms with E-state index in [9.17, 15) is 0 Å². The lowest BCUT2D eigenvalue weighted by Crippen LogP contribution is -2.30. The predicted octanol–water partition coefficient (Wildman–Crippen LogP) is 6.92. The van der Waals surface area contributed by atoms with Crippen LogP contribution in [0.15, 0.2) is 85.2 Å². The molecule has 0 saturated carbocycles. The van der Waals surface area contributed by atoms with Gasteiger partial charge in [0.05, 0.1) is 22.4 Å². The number of halogens is 2. The van der Waals surface area contributed by atoms with Crippen LogP contribution >= 0.6 is 35.4 Å². The van der Waals surface area contributed by atoms with Crippen molar-refractivity contribution in [1.29, 1.82) is 0 Å². The summed E-state index contributed by atoms with van der Waals surface area (Å²) in [5, 5.41) is 5.36. The third-order valence-corrected chi connectivity index (χ3v) is 6.83. The Labute approximate surface area is 208 Å². The van der Waals surface area contributed by atoms with Gasteiger partial charge in [0.25, 0.3) is 0 Å². The van der Waals surface area contributed by atoms with Crippen LogP contribution in [0.25, 0.3) is 5.69 Å². The second-order valence-electron chi connectivity index (χ2n) is 7.92. The maximum Gasteiger partial charge on any atom is 0.174 e. The summed E-state index contributed by atoms with van der Waals surface area (Å²) >= 11 is 18.6. The van der Waals surface area contributed by atoms with Crippen LogP contribution in [0.4, 0.5) is 5.69 Å². The molecule has 1 N–H and O–H groups in total. The first-order valence-electron chi connectivity index (χ1n) is 10.8. The highest BCUT2D eigenvalue weighted by atomic mass is 35.5. The standard InChI is InChI=1S/C26H22Cl2N4S/c1-2-17-8-11-19(12-9-17)32-25(24(30-26(32)33)21-6-3-4-14-29-21)23-7-5-15-31(23)22-13-10-18(27)16-20(22)28/h3-16,24-25H,2H2,1H3,(H,30,33)/t24-,25+/m0/s1. The number of benzene rings is 2. The number of hydrogen-bond acceptors (Lipinski definition) is 2. The van der Waals surface area contributed by atoms with E-state index < -0.39 is 0 Å². The first-order valence-corrected chi connectivity index (χ1v) is 12.0. The maximum atomic E-state index is 6.60. The quantitative estimate of drug-likeness (QED) is 0.306. The van der Waals surface area contributed by atoms with Crippen molar-refractivity contribution >= 4 is 46.2 Å². The van der Waals surface area contributed by atoms with Crippen molar-refractivity contribution in [1.82, 2.24) is 14.9 Å². The molecule has 1 aliphatic heterocycles. The molecule has 0 bridgehead atoms. The molecular formula is C26H22Cl2N4S. The van der Waals surface area contributed by atoms with Gasteiger partial charge in [0.2, 0.25) is 0 Å². The topological polar surface area (TPSA) is 33.1 Å². The molecule has 2 aromatic heterocycles. The number of nitrogens with zero attached hydrogens (tertiary/aromatic N) is 3. The Balaban J connectivity index is 1.66. The normalized spacial score (nSPS) is 17.9. The van der Waals surface area contributed by atoms with Gasteiger partial charge in [0.1, 0.15) is 6.04 Å². The summed E-state index contributed by atoms with van der Waals surface area (Å²) in [5.41, 5.74) is 5.14. The van der Waals surface area contributed by atoms with Crippen LogP contribution in [0.5, 0.6) is 0 Å². The van der Waals surface area contributed by atoms with Crippen LogP contribution in [-0.4, -0.2) is 14.7 Å². The van der Waals surface area contributed by atoms with Gasteiger partial charge < -0.3 is 14.8 Å². The second-order valence-corrected chi connectivity index (χ2v) is 9.15. The number of aromatic nitrogens is 2. The number of rotatable bonds is 5. The van der Waals surface area contributed by atoms with Crippen molar-refractivity contribution in [2.45, 2.75) is 25.4 Å². The Morgan fingerprint density at radius 3 is 2.52 bits per heavy atom. The third kappa shape index (κ3) is 4.12. The lowest BCUT2D eigenvalue weighted by molar-refractivity contribution is 0.549. The van der Waals surface area contributed by atoms with Gasteiger partial charge in [0, 0.05) is 28.8 Å². The van der Waals surface area contributed by atoms with E-state index in [2.05, 4.69) is 57.0 Å². The van der Waals surface area contributed by atoms with Gasteiger partial charge in [-0.25, -0.2) is 0 Å². The molecule has 1 aliphatic rings. The zero-order chi connectivity index (χ0) is 22.9. The molecule has 166 valence electrons. The summed E-state index contributed by atoms with van der Waals surface area (Å²) < 4.78 is 2.10. The maximum absolute atomic E-state index is 6.60. The zero-order valence-electron chi connectivity index (χ0n) is 18.0. The van der Waals surface area contributed by atoms with E-state index in [1.54, 1.807) is 6.07 Å². The minimum absolute atomic E-state index is 0.135. The molecule has 2 aromatic carbocycles. The molecule has 7 heteroatoms. The van der Waals surface area contributed by atoms with Gasteiger partial charge in [-0.05, 0) is 78.8 Å². The molecular weight excluding hydrogens is 471 g/mol. The van der Waals surface area contributed by atoms with Gasteiger partial charge >= 0.3 is 0 Å². The molecule has 3 heterocycles. The van der Waals surface area contributed by atoms with Gasteiger partial charge in [-0.3, -0.25) is 4.98 Å². The van der Waals surface area contributed by atoms with Gasteiger partial charge in [0.15, 0.2) is 5.11 Å². The predicted molar refractivity (Wildman–Crippen MR) is 140 cm³/mol. The molecule has 4 nitrogen and oxygen atoms in total. The van der Waals surface area contributed by atoms with Gasteiger partial charge in [-0.2, -0.15) is 0 Å². The molecule has 1 saturated heterocycles. The highest BCUT2D eigenvalue weighted by Gasteiger charge is 2.42. The number of pyridine rings is 1. The molecule has 0 radical (unpaired) electrons. The summed E-state index contributed by atoms with van der Waals surface area (Å²) in [4.78, 5) is 6.81. The van der Waals surface area contributed by atoms with Crippen molar-refractivity contribution in [3.8, 4) is 5.69 Å². The number of anilines is 1. The van der Waals surface area contributed by atoms with E-state index in [0.717, 1.165) is 29.2 Å².